The van der Waals surface area contributed by atoms with E-state index in [0.717, 1.165) is 13.1 Å². The summed E-state index contributed by atoms with van der Waals surface area (Å²) >= 11 is 0. The monoisotopic (exact) mass is 236 g/mol. The van der Waals surface area contributed by atoms with E-state index >= 15 is 0 Å². The van der Waals surface area contributed by atoms with Crippen LogP contribution in [0.25, 0.3) is 0 Å². The minimum Gasteiger partial charge on any atom is -0.480 e. The van der Waals surface area contributed by atoms with Crippen molar-refractivity contribution in [3.8, 4) is 0 Å². The van der Waals surface area contributed by atoms with Crippen molar-refractivity contribution >= 4 is 5.97 Å². The zero-order valence-electron chi connectivity index (χ0n) is 10.2. The average Bonchev–Trinajstić information content (AvgIpc) is 2.35. The molecule has 1 rings (SSSR count). The maximum absolute atomic E-state index is 10.6. The van der Waals surface area contributed by atoms with Gasteiger partial charge in [0.05, 0.1) is 0 Å². The second kappa shape index (κ2) is 7.04. The minimum absolute atomic E-state index is 0.482. The number of rotatable bonds is 7. The molecule has 4 heteroatoms. The fourth-order valence-electron chi connectivity index (χ4n) is 1.64. The van der Waals surface area contributed by atoms with Gasteiger partial charge in [-0.15, -0.1) is 0 Å². The lowest BCUT2D eigenvalue weighted by atomic mass is 10.2. The van der Waals surface area contributed by atoms with E-state index < -0.39 is 12.0 Å². The molecular weight excluding hydrogens is 216 g/mol. The van der Waals surface area contributed by atoms with E-state index in [1.54, 1.807) is 0 Å². The van der Waals surface area contributed by atoms with Gasteiger partial charge in [0.15, 0.2) is 0 Å². The molecule has 0 bridgehead atoms. The second-order valence-corrected chi connectivity index (χ2v) is 4.09. The van der Waals surface area contributed by atoms with Gasteiger partial charge in [-0.3, -0.25) is 9.69 Å². The van der Waals surface area contributed by atoms with Gasteiger partial charge in [0.2, 0.25) is 0 Å². The van der Waals surface area contributed by atoms with Crippen molar-refractivity contribution in [3.05, 3.63) is 35.9 Å². The zero-order chi connectivity index (χ0) is 12.7. The van der Waals surface area contributed by atoms with Gasteiger partial charge in [-0.2, -0.15) is 0 Å². The topological polar surface area (TPSA) is 66.6 Å². The summed E-state index contributed by atoms with van der Waals surface area (Å²) in [5.74, 6) is -0.930. The van der Waals surface area contributed by atoms with Crippen LogP contribution in [0, 0.1) is 0 Å². The highest BCUT2D eigenvalue weighted by Gasteiger charge is 2.13. The fraction of sp³-hybridized carbons (Fsp3) is 0.462. The van der Waals surface area contributed by atoms with E-state index in [2.05, 4.69) is 24.0 Å². The number of carboxylic acid groups (broad SMARTS) is 1. The number of hydrogen-bond acceptors (Lipinski definition) is 3. The van der Waals surface area contributed by atoms with Gasteiger partial charge in [0.25, 0.3) is 0 Å². The molecule has 0 aliphatic carbocycles. The van der Waals surface area contributed by atoms with Crippen molar-refractivity contribution in [1.29, 1.82) is 0 Å². The van der Waals surface area contributed by atoms with Gasteiger partial charge in [-0.05, 0) is 18.5 Å². The quantitative estimate of drug-likeness (QED) is 0.749. The lowest BCUT2D eigenvalue weighted by molar-refractivity contribution is -0.138. The molecule has 0 radical (unpaired) electrons. The second-order valence-electron chi connectivity index (χ2n) is 4.09. The molecule has 4 nitrogen and oxygen atoms in total. The number of nitrogens with two attached hydrogens (primary N) is 1. The van der Waals surface area contributed by atoms with E-state index in [-0.39, 0.29) is 0 Å². The van der Waals surface area contributed by atoms with Crippen LogP contribution in [-0.2, 0) is 11.3 Å². The molecule has 1 aromatic rings. The Labute approximate surface area is 102 Å². The van der Waals surface area contributed by atoms with Crippen LogP contribution in [0.3, 0.4) is 0 Å². The highest BCUT2D eigenvalue weighted by molar-refractivity contribution is 5.72. The summed E-state index contributed by atoms with van der Waals surface area (Å²) in [5, 5.41) is 8.71. The summed E-state index contributed by atoms with van der Waals surface area (Å²) in [4.78, 5) is 12.8. The summed E-state index contributed by atoms with van der Waals surface area (Å²) in [5.41, 5.74) is 6.72. The molecule has 0 spiro atoms. The van der Waals surface area contributed by atoms with Crippen LogP contribution < -0.4 is 5.73 Å². The summed E-state index contributed by atoms with van der Waals surface area (Å²) < 4.78 is 0. The van der Waals surface area contributed by atoms with Crippen LogP contribution >= 0.6 is 0 Å². The van der Waals surface area contributed by atoms with E-state index in [0.29, 0.717) is 13.0 Å². The Hall–Kier alpha value is -1.39. The standard InChI is InChI=1S/C13H20N2O2/c1-2-15(9-8-12(14)13(16)17)10-11-6-4-3-5-7-11/h3-7,12H,2,8-10,14H2,1H3,(H,16,17). The van der Waals surface area contributed by atoms with Gasteiger partial charge in [-0.25, -0.2) is 0 Å². The summed E-state index contributed by atoms with van der Waals surface area (Å²) in [7, 11) is 0. The average molecular weight is 236 g/mol. The molecule has 1 atom stereocenters. The third kappa shape index (κ3) is 4.97. The predicted octanol–water partition coefficient (Wildman–Crippen LogP) is 1.31. The molecule has 0 aliphatic heterocycles. The molecule has 1 unspecified atom stereocenters. The lowest BCUT2D eigenvalue weighted by Gasteiger charge is -2.21. The van der Waals surface area contributed by atoms with Gasteiger partial charge >= 0.3 is 5.97 Å². The molecule has 0 aromatic heterocycles. The van der Waals surface area contributed by atoms with E-state index in [1.807, 2.05) is 18.2 Å². The summed E-state index contributed by atoms with van der Waals surface area (Å²) in [6, 6.07) is 9.37. The SMILES string of the molecule is CCN(CCC(N)C(=O)O)Cc1ccccc1. The number of carboxylic acids is 1. The van der Waals surface area contributed by atoms with E-state index in [9.17, 15) is 4.79 Å². The Morgan fingerprint density at radius 1 is 1.41 bits per heavy atom. The first kappa shape index (κ1) is 13.7. The van der Waals surface area contributed by atoms with Gasteiger partial charge in [0, 0.05) is 13.1 Å². The van der Waals surface area contributed by atoms with Crippen LogP contribution in [0.15, 0.2) is 30.3 Å². The first-order valence-electron chi connectivity index (χ1n) is 5.88. The van der Waals surface area contributed by atoms with E-state index in [1.165, 1.54) is 5.56 Å². The fourth-order valence-corrected chi connectivity index (χ4v) is 1.64. The zero-order valence-corrected chi connectivity index (χ0v) is 10.2. The van der Waals surface area contributed by atoms with Gasteiger partial charge < -0.3 is 10.8 Å². The summed E-state index contributed by atoms with van der Waals surface area (Å²) in [6.07, 6.45) is 0.482. The Bertz CT molecular complexity index is 341. The minimum atomic E-state index is -0.930. The number of benzene rings is 1. The normalized spacial score (nSPS) is 12.6. The van der Waals surface area contributed by atoms with Crippen LogP contribution in [-0.4, -0.2) is 35.1 Å². The Morgan fingerprint density at radius 2 is 2.06 bits per heavy atom. The Kier molecular flexibility index (Phi) is 5.66. The molecule has 0 aliphatic rings. The van der Waals surface area contributed by atoms with Crippen molar-refractivity contribution < 1.29 is 9.90 Å². The third-order valence-corrected chi connectivity index (χ3v) is 2.77. The first-order chi connectivity index (χ1) is 8.13. The van der Waals surface area contributed by atoms with Crippen molar-refractivity contribution in [3.63, 3.8) is 0 Å². The summed E-state index contributed by atoms with van der Waals surface area (Å²) in [6.45, 7) is 4.50. The Balaban J connectivity index is 2.41. The van der Waals surface area contributed by atoms with Crippen molar-refractivity contribution in [2.75, 3.05) is 13.1 Å². The van der Waals surface area contributed by atoms with Crippen molar-refractivity contribution in [1.82, 2.24) is 4.90 Å². The van der Waals surface area contributed by atoms with Crippen LogP contribution in [0.2, 0.25) is 0 Å². The molecule has 0 fully saturated rings. The molecule has 17 heavy (non-hydrogen) atoms. The number of hydrogen-bond donors (Lipinski definition) is 2. The van der Waals surface area contributed by atoms with Crippen molar-refractivity contribution in [2.45, 2.75) is 25.9 Å². The maximum atomic E-state index is 10.6. The molecule has 0 saturated heterocycles. The number of nitrogens with zero attached hydrogens (tertiary/aromatic N) is 1. The maximum Gasteiger partial charge on any atom is 0.320 e. The van der Waals surface area contributed by atoms with Crippen LogP contribution in [0.5, 0.6) is 0 Å². The van der Waals surface area contributed by atoms with Gasteiger partial charge in [-0.1, -0.05) is 37.3 Å². The molecule has 0 saturated carbocycles. The largest absolute Gasteiger partial charge is 0.480 e. The number of aliphatic carboxylic acids is 1. The molecule has 3 N–H and O–H groups in total. The lowest BCUT2D eigenvalue weighted by Crippen LogP contribution is -2.35. The van der Waals surface area contributed by atoms with Gasteiger partial charge in [0.1, 0.15) is 6.04 Å². The smallest absolute Gasteiger partial charge is 0.320 e. The van der Waals surface area contributed by atoms with E-state index in [4.69, 9.17) is 10.8 Å². The van der Waals surface area contributed by atoms with Crippen molar-refractivity contribution in [2.24, 2.45) is 5.73 Å². The molecule has 0 heterocycles. The molecule has 94 valence electrons. The predicted molar refractivity (Wildman–Crippen MR) is 67.6 cm³/mol. The molecular formula is C13H20N2O2. The molecule has 1 aromatic carbocycles. The van der Waals surface area contributed by atoms with Crippen LogP contribution in [0.4, 0.5) is 0 Å². The Morgan fingerprint density at radius 3 is 2.59 bits per heavy atom. The first-order valence-corrected chi connectivity index (χ1v) is 5.88. The highest BCUT2D eigenvalue weighted by Crippen LogP contribution is 2.05. The molecule has 0 amide bonds. The third-order valence-electron chi connectivity index (χ3n) is 2.77. The highest BCUT2D eigenvalue weighted by atomic mass is 16.4. The van der Waals surface area contributed by atoms with Crippen LogP contribution in [0.1, 0.15) is 18.9 Å². The number of carbonyl (C=O) groups is 1.